The second-order valence-electron chi connectivity index (χ2n) is 4.83. The molecule has 1 aromatic carbocycles. The summed E-state index contributed by atoms with van der Waals surface area (Å²) < 4.78 is 1.04. The molecule has 1 heterocycles. The maximum atomic E-state index is 12.1. The number of piperidine rings is 1. The van der Waals surface area contributed by atoms with Crippen LogP contribution in [0.4, 0.5) is 0 Å². The van der Waals surface area contributed by atoms with E-state index in [1.807, 2.05) is 31.2 Å². The number of hydrogen-bond donors (Lipinski definition) is 2. The number of rotatable bonds is 3. The SMILES string of the molecule is CC(NC(=O)[C@H]1CCCNC1)c1cccc(Br)c1. The summed E-state index contributed by atoms with van der Waals surface area (Å²) in [5, 5.41) is 6.36. The monoisotopic (exact) mass is 310 g/mol. The van der Waals surface area contributed by atoms with Crippen LogP contribution in [0.3, 0.4) is 0 Å². The van der Waals surface area contributed by atoms with E-state index in [1.54, 1.807) is 0 Å². The van der Waals surface area contributed by atoms with Crippen molar-refractivity contribution in [1.29, 1.82) is 0 Å². The van der Waals surface area contributed by atoms with Crippen LogP contribution >= 0.6 is 15.9 Å². The van der Waals surface area contributed by atoms with Crippen LogP contribution in [-0.4, -0.2) is 19.0 Å². The van der Waals surface area contributed by atoms with E-state index in [9.17, 15) is 4.79 Å². The number of nitrogens with one attached hydrogen (secondary N) is 2. The Labute approximate surface area is 116 Å². The van der Waals surface area contributed by atoms with Gasteiger partial charge in [0.15, 0.2) is 0 Å². The van der Waals surface area contributed by atoms with E-state index in [1.165, 1.54) is 0 Å². The summed E-state index contributed by atoms with van der Waals surface area (Å²) >= 11 is 3.45. The molecule has 2 atom stereocenters. The normalized spacial score (nSPS) is 21.3. The van der Waals surface area contributed by atoms with Crippen molar-refractivity contribution in [2.24, 2.45) is 5.92 Å². The topological polar surface area (TPSA) is 41.1 Å². The van der Waals surface area contributed by atoms with Gasteiger partial charge in [0.25, 0.3) is 0 Å². The maximum absolute atomic E-state index is 12.1. The molecular formula is C14H19BrN2O. The number of halogens is 1. The summed E-state index contributed by atoms with van der Waals surface area (Å²) in [5.41, 5.74) is 1.13. The second kappa shape index (κ2) is 6.34. The third-order valence-electron chi connectivity index (χ3n) is 3.38. The van der Waals surface area contributed by atoms with Gasteiger partial charge in [-0.15, -0.1) is 0 Å². The quantitative estimate of drug-likeness (QED) is 0.901. The lowest BCUT2D eigenvalue weighted by atomic mass is 9.98. The minimum absolute atomic E-state index is 0.0527. The maximum Gasteiger partial charge on any atom is 0.224 e. The summed E-state index contributed by atoms with van der Waals surface area (Å²) in [6, 6.07) is 8.11. The van der Waals surface area contributed by atoms with Crippen molar-refractivity contribution < 1.29 is 4.79 Å². The molecule has 1 aliphatic rings. The molecule has 0 aromatic heterocycles. The Morgan fingerprint density at radius 3 is 3.06 bits per heavy atom. The fourth-order valence-electron chi connectivity index (χ4n) is 2.27. The van der Waals surface area contributed by atoms with Crippen molar-refractivity contribution >= 4 is 21.8 Å². The molecule has 1 unspecified atom stereocenters. The molecule has 1 fully saturated rings. The number of amides is 1. The first-order valence-corrected chi connectivity index (χ1v) is 7.22. The Morgan fingerprint density at radius 2 is 2.39 bits per heavy atom. The van der Waals surface area contributed by atoms with Gasteiger partial charge in [-0.05, 0) is 44.0 Å². The van der Waals surface area contributed by atoms with Crippen molar-refractivity contribution in [2.75, 3.05) is 13.1 Å². The molecule has 3 nitrogen and oxygen atoms in total. The van der Waals surface area contributed by atoms with Crippen molar-refractivity contribution in [3.63, 3.8) is 0 Å². The third kappa shape index (κ3) is 3.56. The molecule has 18 heavy (non-hydrogen) atoms. The number of hydrogen-bond acceptors (Lipinski definition) is 2. The van der Waals surface area contributed by atoms with E-state index >= 15 is 0 Å². The van der Waals surface area contributed by atoms with Gasteiger partial charge in [-0.25, -0.2) is 0 Å². The Morgan fingerprint density at radius 1 is 1.56 bits per heavy atom. The van der Waals surface area contributed by atoms with E-state index in [0.29, 0.717) is 0 Å². The Bertz CT molecular complexity index is 416. The molecular weight excluding hydrogens is 292 g/mol. The number of benzene rings is 1. The average molecular weight is 311 g/mol. The molecule has 1 aliphatic heterocycles. The zero-order valence-electron chi connectivity index (χ0n) is 10.6. The average Bonchev–Trinajstić information content (AvgIpc) is 2.39. The van der Waals surface area contributed by atoms with Crippen LogP contribution in [0.2, 0.25) is 0 Å². The predicted molar refractivity (Wildman–Crippen MR) is 76.3 cm³/mol. The van der Waals surface area contributed by atoms with Crippen LogP contribution in [0, 0.1) is 5.92 Å². The van der Waals surface area contributed by atoms with Gasteiger partial charge in [0.1, 0.15) is 0 Å². The number of carbonyl (C=O) groups excluding carboxylic acids is 1. The summed E-state index contributed by atoms with van der Waals surface area (Å²) in [6.45, 7) is 3.86. The van der Waals surface area contributed by atoms with Gasteiger partial charge in [-0.2, -0.15) is 0 Å². The number of carbonyl (C=O) groups is 1. The summed E-state index contributed by atoms with van der Waals surface area (Å²) in [5.74, 6) is 0.281. The first kappa shape index (κ1) is 13.6. The molecule has 1 saturated heterocycles. The molecule has 2 rings (SSSR count). The standard InChI is InChI=1S/C14H19BrN2O/c1-10(11-4-2-6-13(15)8-11)17-14(18)12-5-3-7-16-9-12/h2,4,6,8,10,12,16H,3,5,7,9H2,1H3,(H,17,18)/t10?,12-/m0/s1. The minimum atomic E-state index is 0.0527. The van der Waals surface area contributed by atoms with Crippen molar-refractivity contribution in [1.82, 2.24) is 10.6 Å². The van der Waals surface area contributed by atoms with E-state index in [-0.39, 0.29) is 17.9 Å². The van der Waals surface area contributed by atoms with Crippen molar-refractivity contribution in [3.8, 4) is 0 Å². The zero-order chi connectivity index (χ0) is 13.0. The Hall–Kier alpha value is -0.870. The van der Waals surface area contributed by atoms with Gasteiger partial charge in [0.2, 0.25) is 5.91 Å². The zero-order valence-corrected chi connectivity index (χ0v) is 12.2. The minimum Gasteiger partial charge on any atom is -0.349 e. The lowest BCUT2D eigenvalue weighted by Gasteiger charge is -2.24. The fourth-order valence-corrected chi connectivity index (χ4v) is 2.68. The Balaban J connectivity index is 1.94. The fraction of sp³-hybridized carbons (Fsp3) is 0.500. The Kier molecular flexibility index (Phi) is 4.78. The van der Waals surface area contributed by atoms with Crippen LogP contribution < -0.4 is 10.6 Å². The van der Waals surface area contributed by atoms with Crippen LogP contribution in [0.5, 0.6) is 0 Å². The van der Waals surface area contributed by atoms with Crippen molar-refractivity contribution in [3.05, 3.63) is 34.3 Å². The summed E-state index contributed by atoms with van der Waals surface area (Å²) in [6.07, 6.45) is 2.08. The van der Waals surface area contributed by atoms with Crippen molar-refractivity contribution in [2.45, 2.75) is 25.8 Å². The molecule has 98 valence electrons. The van der Waals surface area contributed by atoms with Crippen LogP contribution in [0.15, 0.2) is 28.7 Å². The molecule has 0 spiro atoms. The largest absolute Gasteiger partial charge is 0.349 e. The van der Waals surface area contributed by atoms with Crippen LogP contribution in [0.25, 0.3) is 0 Å². The molecule has 4 heteroatoms. The molecule has 0 radical (unpaired) electrons. The molecule has 2 N–H and O–H groups in total. The third-order valence-corrected chi connectivity index (χ3v) is 3.87. The lowest BCUT2D eigenvalue weighted by molar-refractivity contribution is -0.126. The van der Waals surface area contributed by atoms with Gasteiger partial charge in [0.05, 0.1) is 12.0 Å². The first-order chi connectivity index (χ1) is 8.66. The smallest absolute Gasteiger partial charge is 0.224 e. The molecule has 1 amide bonds. The molecule has 0 aliphatic carbocycles. The molecule has 1 aromatic rings. The van der Waals surface area contributed by atoms with E-state index < -0.39 is 0 Å². The predicted octanol–water partition coefficient (Wildman–Crippen LogP) is 2.63. The van der Waals surface area contributed by atoms with Crippen LogP contribution in [0.1, 0.15) is 31.4 Å². The summed E-state index contributed by atoms with van der Waals surface area (Å²) in [4.78, 5) is 12.1. The van der Waals surface area contributed by atoms with Gasteiger partial charge in [0, 0.05) is 11.0 Å². The van der Waals surface area contributed by atoms with E-state index in [4.69, 9.17) is 0 Å². The highest BCUT2D eigenvalue weighted by Crippen LogP contribution is 2.19. The highest BCUT2D eigenvalue weighted by Gasteiger charge is 2.22. The van der Waals surface area contributed by atoms with E-state index in [0.717, 1.165) is 36.0 Å². The van der Waals surface area contributed by atoms with Gasteiger partial charge in [-0.1, -0.05) is 28.1 Å². The van der Waals surface area contributed by atoms with E-state index in [2.05, 4.69) is 26.6 Å². The molecule has 0 saturated carbocycles. The summed E-state index contributed by atoms with van der Waals surface area (Å²) in [7, 11) is 0. The highest BCUT2D eigenvalue weighted by atomic mass is 79.9. The van der Waals surface area contributed by atoms with Gasteiger partial charge < -0.3 is 10.6 Å². The highest BCUT2D eigenvalue weighted by molar-refractivity contribution is 9.10. The first-order valence-electron chi connectivity index (χ1n) is 6.43. The van der Waals surface area contributed by atoms with Crippen LogP contribution in [-0.2, 0) is 4.79 Å². The molecule has 0 bridgehead atoms. The second-order valence-corrected chi connectivity index (χ2v) is 5.74. The van der Waals surface area contributed by atoms with Gasteiger partial charge in [-0.3, -0.25) is 4.79 Å². The lowest BCUT2D eigenvalue weighted by Crippen LogP contribution is -2.41. The van der Waals surface area contributed by atoms with Gasteiger partial charge >= 0.3 is 0 Å².